The van der Waals surface area contributed by atoms with Crippen LogP contribution in [-0.4, -0.2) is 4.57 Å². The number of aryl methyl sites for hydroxylation is 1. The molecule has 0 unspecified atom stereocenters. The molecule has 0 aliphatic carbocycles. The van der Waals surface area contributed by atoms with Crippen molar-refractivity contribution in [2.75, 3.05) is 5.32 Å². The predicted octanol–water partition coefficient (Wildman–Crippen LogP) is 10.4. The van der Waals surface area contributed by atoms with Gasteiger partial charge in [-0.25, -0.2) is 0 Å². The van der Waals surface area contributed by atoms with Gasteiger partial charge >= 0.3 is 0 Å². The second-order valence-electron chi connectivity index (χ2n) is 10.3. The Hall–Kier alpha value is -5.28. The second kappa shape index (κ2) is 8.89. The van der Waals surface area contributed by atoms with Crippen molar-refractivity contribution < 1.29 is 4.42 Å². The number of aromatic nitrogens is 1. The van der Waals surface area contributed by atoms with Crippen LogP contribution in [0.25, 0.3) is 60.6 Å². The zero-order chi connectivity index (χ0) is 26.6. The Balaban J connectivity index is 1.33. The van der Waals surface area contributed by atoms with Crippen molar-refractivity contribution in [2.45, 2.75) is 6.92 Å². The third-order valence-corrected chi connectivity index (χ3v) is 7.94. The topological polar surface area (TPSA) is 30.1 Å². The minimum Gasteiger partial charge on any atom is -0.453 e. The van der Waals surface area contributed by atoms with Gasteiger partial charge in [0.1, 0.15) is 5.58 Å². The summed E-state index contributed by atoms with van der Waals surface area (Å²) in [6.45, 7) is 2.12. The van der Waals surface area contributed by atoms with Gasteiger partial charge in [-0.1, -0.05) is 91.0 Å². The fourth-order valence-corrected chi connectivity index (χ4v) is 6.00. The molecule has 2 heterocycles. The van der Waals surface area contributed by atoms with Gasteiger partial charge in [0.25, 0.3) is 0 Å². The lowest BCUT2D eigenvalue weighted by Crippen LogP contribution is -1.92. The fourth-order valence-electron chi connectivity index (χ4n) is 6.00. The highest BCUT2D eigenvalue weighted by Crippen LogP contribution is 2.41. The number of para-hydroxylation sites is 5. The first-order valence-corrected chi connectivity index (χ1v) is 13.6. The average Bonchev–Trinajstić information content (AvgIpc) is 3.55. The van der Waals surface area contributed by atoms with Crippen LogP contribution in [-0.2, 0) is 0 Å². The molecule has 190 valence electrons. The van der Waals surface area contributed by atoms with Crippen LogP contribution in [0.4, 0.5) is 11.4 Å². The molecule has 0 bridgehead atoms. The van der Waals surface area contributed by atoms with E-state index in [1.807, 2.05) is 0 Å². The molecule has 1 N–H and O–H groups in total. The summed E-state index contributed by atoms with van der Waals surface area (Å²) in [6, 6.07) is 47.1. The molecule has 0 saturated carbocycles. The van der Waals surface area contributed by atoms with Crippen molar-refractivity contribution in [2.24, 2.45) is 0 Å². The summed E-state index contributed by atoms with van der Waals surface area (Å²) in [7, 11) is 0. The first kappa shape index (κ1) is 22.7. The summed E-state index contributed by atoms with van der Waals surface area (Å²) >= 11 is 0. The molecule has 0 aliphatic rings. The molecule has 6 aromatic carbocycles. The van der Waals surface area contributed by atoms with E-state index in [4.69, 9.17) is 4.42 Å². The minimum absolute atomic E-state index is 0.870. The SMILES string of the molecule is Cc1ccccc1Nc1cccc2c1oc1c(-c3ccc4c(c3)c3ccccc3n4-c3ccccc3)cccc12. The van der Waals surface area contributed by atoms with Crippen LogP contribution in [0.5, 0.6) is 0 Å². The van der Waals surface area contributed by atoms with E-state index in [1.54, 1.807) is 0 Å². The Kier molecular flexibility index (Phi) is 5.04. The lowest BCUT2D eigenvalue weighted by Gasteiger charge is -2.09. The summed E-state index contributed by atoms with van der Waals surface area (Å²) in [5, 5.41) is 8.30. The minimum atomic E-state index is 0.870. The van der Waals surface area contributed by atoms with Crippen LogP contribution in [0.3, 0.4) is 0 Å². The molecule has 0 aliphatic heterocycles. The number of nitrogens with zero attached hydrogens (tertiary/aromatic N) is 1. The Morgan fingerprint density at radius 2 is 1.20 bits per heavy atom. The Labute approximate surface area is 231 Å². The molecule has 2 aromatic heterocycles. The molecule has 0 amide bonds. The van der Waals surface area contributed by atoms with E-state index in [0.29, 0.717) is 0 Å². The Morgan fingerprint density at radius 3 is 2.08 bits per heavy atom. The molecule has 0 spiro atoms. The van der Waals surface area contributed by atoms with Gasteiger partial charge in [-0.2, -0.15) is 0 Å². The van der Waals surface area contributed by atoms with Crippen molar-refractivity contribution in [3.05, 3.63) is 139 Å². The van der Waals surface area contributed by atoms with Crippen molar-refractivity contribution >= 4 is 55.1 Å². The van der Waals surface area contributed by atoms with Crippen molar-refractivity contribution in [3.8, 4) is 16.8 Å². The van der Waals surface area contributed by atoms with Gasteiger partial charge in [-0.15, -0.1) is 0 Å². The van der Waals surface area contributed by atoms with Crippen LogP contribution < -0.4 is 5.32 Å². The van der Waals surface area contributed by atoms with E-state index in [2.05, 4.69) is 150 Å². The van der Waals surface area contributed by atoms with Gasteiger partial charge in [0.2, 0.25) is 0 Å². The maximum Gasteiger partial charge on any atom is 0.158 e. The fraction of sp³-hybridized carbons (Fsp3) is 0.0270. The highest BCUT2D eigenvalue weighted by Gasteiger charge is 2.17. The molecule has 8 aromatic rings. The highest BCUT2D eigenvalue weighted by atomic mass is 16.3. The third-order valence-electron chi connectivity index (χ3n) is 7.94. The van der Waals surface area contributed by atoms with E-state index in [9.17, 15) is 0 Å². The average molecular weight is 515 g/mol. The van der Waals surface area contributed by atoms with Gasteiger partial charge in [0.05, 0.1) is 16.7 Å². The van der Waals surface area contributed by atoms with Gasteiger partial charge in [0, 0.05) is 38.5 Å². The molecule has 0 radical (unpaired) electrons. The molecule has 0 fully saturated rings. The largest absolute Gasteiger partial charge is 0.453 e. The molecule has 3 nitrogen and oxygen atoms in total. The van der Waals surface area contributed by atoms with E-state index in [-0.39, 0.29) is 0 Å². The summed E-state index contributed by atoms with van der Waals surface area (Å²) < 4.78 is 9.03. The standard InChI is InChI=1S/C37H26N2O/c1-24-11-5-7-18-32(24)38-33-19-10-17-30-29-16-9-15-27(36(29)40-37(30)33)25-21-22-35-31(23-25)28-14-6-8-20-34(28)39(35)26-12-3-2-4-13-26/h2-23,38H,1H3. The summed E-state index contributed by atoms with van der Waals surface area (Å²) in [5.41, 5.74) is 10.8. The number of anilines is 2. The van der Waals surface area contributed by atoms with Gasteiger partial charge < -0.3 is 14.3 Å². The molecule has 3 heteroatoms. The molecular formula is C37H26N2O. The molecular weight excluding hydrogens is 488 g/mol. The number of benzene rings is 6. The number of rotatable bonds is 4. The lowest BCUT2D eigenvalue weighted by molar-refractivity contribution is 0.671. The third kappa shape index (κ3) is 3.45. The summed E-state index contributed by atoms with van der Waals surface area (Å²) in [6.07, 6.45) is 0. The summed E-state index contributed by atoms with van der Waals surface area (Å²) in [5.74, 6) is 0. The molecule has 0 atom stereocenters. The van der Waals surface area contributed by atoms with Crippen LogP contribution in [0, 0.1) is 6.92 Å². The maximum atomic E-state index is 6.69. The second-order valence-corrected chi connectivity index (χ2v) is 10.3. The molecule has 0 saturated heterocycles. The zero-order valence-electron chi connectivity index (χ0n) is 22.1. The number of fused-ring (bicyclic) bond motifs is 6. The van der Waals surface area contributed by atoms with Crippen molar-refractivity contribution in [3.63, 3.8) is 0 Å². The van der Waals surface area contributed by atoms with Gasteiger partial charge in [-0.05, 0) is 60.5 Å². The van der Waals surface area contributed by atoms with Gasteiger partial charge in [0.15, 0.2) is 5.58 Å². The molecule has 40 heavy (non-hydrogen) atoms. The lowest BCUT2D eigenvalue weighted by atomic mass is 10.00. The van der Waals surface area contributed by atoms with Crippen molar-refractivity contribution in [1.29, 1.82) is 0 Å². The summed E-state index contributed by atoms with van der Waals surface area (Å²) in [4.78, 5) is 0. The zero-order valence-corrected chi connectivity index (χ0v) is 22.1. The monoisotopic (exact) mass is 514 g/mol. The number of hydrogen-bond acceptors (Lipinski definition) is 2. The normalized spacial score (nSPS) is 11.6. The van der Waals surface area contributed by atoms with E-state index in [1.165, 1.54) is 27.4 Å². The highest BCUT2D eigenvalue weighted by molar-refractivity contribution is 6.14. The van der Waals surface area contributed by atoms with E-state index < -0.39 is 0 Å². The Bertz CT molecular complexity index is 2200. The van der Waals surface area contributed by atoms with Gasteiger partial charge in [-0.3, -0.25) is 0 Å². The van der Waals surface area contributed by atoms with E-state index in [0.717, 1.165) is 50.1 Å². The smallest absolute Gasteiger partial charge is 0.158 e. The van der Waals surface area contributed by atoms with Crippen LogP contribution in [0.2, 0.25) is 0 Å². The Morgan fingerprint density at radius 1 is 0.525 bits per heavy atom. The number of nitrogens with one attached hydrogen (secondary N) is 1. The molecule has 8 rings (SSSR count). The quantitative estimate of drug-likeness (QED) is 0.253. The van der Waals surface area contributed by atoms with E-state index >= 15 is 0 Å². The van der Waals surface area contributed by atoms with Crippen molar-refractivity contribution in [1.82, 2.24) is 4.57 Å². The predicted molar refractivity (Wildman–Crippen MR) is 168 cm³/mol. The van der Waals surface area contributed by atoms with Crippen LogP contribution in [0.1, 0.15) is 5.56 Å². The number of furan rings is 1. The van der Waals surface area contributed by atoms with Crippen LogP contribution >= 0.6 is 0 Å². The first-order chi connectivity index (χ1) is 19.8. The van der Waals surface area contributed by atoms with Crippen LogP contribution in [0.15, 0.2) is 138 Å². The maximum absolute atomic E-state index is 6.69. The number of hydrogen-bond donors (Lipinski definition) is 1. The first-order valence-electron chi connectivity index (χ1n) is 13.6.